The van der Waals surface area contributed by atoms with E-state index >= 15 is 0 Å². The van der Waals surface area contributed by atoms with Crippen LogP contribution in [0.5, 0.6) is 5.75 Å². The second kappa shape index (κ2) is 8.36. The number of aromatic nitrogens is 1. The Labute approximate surface area is 180 Å². The molecule has 0 spiro atoms. The van der Waals surface area contributed by atoms with Crippen molar-refractivity contribution >= 4 is 23.1 Å². The highest BCUT2D eigenvalue weighted by Crippen LogP contribution is 2.41. The van der Waals surface area contributed by atoms with Crippen LogP contribution >= 0.6 is 11.3 Å². The highest BCUT2D eigenvalue weighted by atomic mass is 32.1. The maximum atomic E-state index is 11.6. The summed E-state index contributed by atoms with van der Waals surface area (Å²) in [4.78, 5) is 17.4. The highest BCUT2D eigenvalue weighted by Gasteiger charge is 2.27. The van der Waals surface area contributed by atoms with Gasteiger partial charge in [-0.3, -0.25) is 0 Å². The molecule has 3 aromatic rings. The summed E-state index contributed by atoms with van der Waals surface area (Å²) in [6.07, 6.45) is 3.34. The molecular weight excluding hydrogens is 398 g/mol. The van der Waals surface area contributed by atoms with Crippen LogP contribution in [0.4, 0.5) is 10.5 Å². The van der Waals surface area contributed by atoms with E-state index in [4.69, 9.17) is 15.2 Å². The number of methoxy groups -OCH3 is 1. The number of carbonyl (C=O) groups is 1. The first-order valence-corrected chi connectivity index (χ1v) is 10.8. The molecule has 1 atom stereocenters. The first-order valence-electron chi connectivity index (χ1n) is 9.95. The predicted molar refractivity (Wildman–Crippen MR) is 120 cm³/mol. The van der Waals surface area contributed by atoms with Crippen molar-refractivity contribution in [1.29, 1.82) is 0 Å². The highest BCUT2D eigenvalue weighted by molar-refractivity contribution is 7.18. The van der Waals surface area contributed by atoms with E-state index in [9.17, 15) is 4.79 Å². The zero-order valence-electron chi connectivity index (χ0n) is 17.3. The molecule has 0 saturated heterocycles. The number of amides is 1. The van der Waals surface area contributed by atoms with E-state index in [1.54, 1.807) is 11.3 Å². The number of benzene rings is 2. The molecule has 6 nitrogen and oxygen atoms in total. The second-order valence-corrected chi connectivity index (χ2v) is 8.58. The number of hydrogen-bond donors (Lipinski definition) is 2. The lowest BCUT2D eigenvalue weighted by Crippen LogP contribution is -2.26. The fraction of sp³-hybridized carbons (Fsp3) is 0.304. The molecule has 0 fully saturated rings. The summed E-state index contributed by atoms with van der Waals surface area (Å²) in [5, 5.41) is 3.83. The number of ether oxygens (including phenoxy) is 2. The minimum Gasteiger partial charge on any atom is -0.489 e. The molecule has 3 N–H and O–H groups in total. The van der Waals surface area contributed by atoms with Gasteiger partial charge in [0.05, 0.1) is 29.8 Å². The number of rotatable bonds is 5. The molecule has 2 aromatic carbocycles. The minimum atomic E-state index is -0.402. The molecule has 7 heteroatoms. The number of nitrogen functional groups attached to an aromatic ring is 1. The van der Waals surface area contributed by atoms with E-state index in [1.165, 1.54) is 12.7 Å². The van der Waals surface area contributed by atoms with Crippen molar-refractivity contribution in [3.63, 3.8) is 0 Å². The monoisotopic (exact) mass is 423 g/mol. The topological polar surface area (TPSA) is 86.5 Å². The molecule has 0 saturated carbocycles. The summed E-state index contributed by atoms with van der Waals surface area (Å²) in [6.45, 7) is 3.95. The van der Waals surface area contributed by atoms with E-state index in [0.717, 1.165) is 39.4 Å². The molecule has 1 aliphatic carbocycles. The fourth-order valence-electron chi connectivity index (χ4n) is 3.81. The molecule has 0 aliphatic heterocycles. The number of carbonyl (C=O) groups excluding carboxylic acids is 1. The van der Waals surface area contributed by atoms with Gasteiger partial charge in [-0.1, -0.05) is 18.2 Å². The van der Waals surface area contributed by atoms with Crippen LogP contribution in [0.3, 0.4) is 0 Å². The number of nitrogens with zero attached hydrogens (tertiary/aromatic N) is 1. The fourth-order valence-corrected chi connectivity index (χ4v) is 4.78. The van der Waals surface area contributed by atoms with Crippen LogP contribution in [0.25, 0.3) is 21.0 Å². The lowest BCUT2D eigenvalue weighted by molar-refractivity contribution is 0.166. The number of alkyl carbamates (subject to hydrolysis) is 1. The van der Waals surface area contributed by atoms with Gasteiger partial charge in [0.1, 0.15) is 10.8 Å². The third-order valence-corrected chi connectivity index (χ3v) is 6.22. The first kappa shape index (κ1) is 20.2. The lowest BCUT2D eigenvalue weighted by Gasteiger charge is -2.13. The van der Waals surface area contributed by atoms with Crippen LogP contribution in [0.2, 0.25) is 0 Å². The molecule has 156 valence electrons. The largest absolute Gasteiger partial charge is 0.489 e. The van der Waals surface area contributed by atoms with E-state index in [-0.39, 0.29) is 12.1 Å². The molecule has 1 aromatic heterocycles. The summed E-state index contributed by atoms with van der Waals surface area (Å²) >= 11 is 1.63. The number of hydrogen-bond acceptors (Lipinski definition) is 6. The van der Waals surface area contributed by atoms with Crippen molar-refractivity contribution < 1.29 is 14.3 Å². The van der Waals surface area contributed by atoms with Crippen molar-refractivity contribution in [3.05, 3.63) is 53.7 Å². The van der Waals surface area contributed by atoms with Crippen LogP contribution < -0.4 is 15.8 Å². The van der Waals surface area contributed by atoms with Crippen molar-refractivity contribution in [2.75, 3.05) is 12.8 Å². The van der Waals surface area contributed by atoms with Gasteiger partial charge >= 0.3 is 6.09 Å². The zero-order chi connectivity index (χ0) is 21.3. The van der Waals surface area contributed by atoms with E-state index in [0.29, 0.717) is 11.4 Å². The third kappa shape index (κ3) is 3.98. The van der Waals surface area contributed by atoms with Crippen LogP contribution in [-0.2, 0) is 11.2 Å². The third-order valence-electron chi connectivity index (χ3n) is 5.14. The molecule has 0 radical (unpaired) electrons. The molecule has 1 heterocycles. The Kier molecular flexibility index (Phi) is 5.63. The average molecular weight is 424 g/mol. The van der Waals surface area contributed by atoms with Crippen LogP contribution in [0, 0.1) is 0 Å². The molecule has 30 heavy (non-hydrogen) atoms. The maximum absolute atomic E-state index is 11.6. The Morgan fingerprint density at radius 3 is 2.87 bits per heavy atom. The van der Waals surface area contributed by atoms with Gasteiger partial charge in [0.2, 0.25) is 0 Å². The van der Waals surface area contributed by atoms with Crippen LogP contribution in [0.15, 0.2) is 42.6 Å². The molecule has 4 rings (SSSR count). The first-order chi connectivity index (χ1) is 14.5. The van der Waals surface area contributed by atoms with Crippen LogP contribution in [0.1, 0.15) is 37.4 Å². The van der Waals surface area contributed by atoms with E-state index in [1.807, 2.05) is 44.3 Å². The average Bonchev–Trinajstić information content (AvgIpc) is 3.37. The molecule has 0 unspecified atom stereocenters. The normalized spacial score (nSPS) is 15.1. The summed E-state index contributed by atoms with van der Waals surface area (Å²) in [7, 11) is 1.38. The zero-order valence-corrected chi connectivity index (χ0v) is 18.1. The van der Waals surface area contributed by atoms with Crippen LogP contribution in [-0.4, -0.2) is 24.3 Å². The predicted octanol–water partition coefficient (Wildman–Crippen LogP) is 5.19. The Morgan fingerprint density at radius 2 is 2.13 bits per heavy atom. The lowest BCUT2D eigenvalue weighted by atomic mass is 10.0. The number of anilines is 1. The van der Waals surface area contributed by atoms with Gasteiger partial charge in [-0.15, -0.1) is 11.3 Å². The summed E-state index contributed by atoms with van der Waals surface area (Å²) in [5.41, 5.74) is 11.3. The van der Waals surface area contributed by atoms with Gasteiger partial charge in [0.25, 0.3) is 0 Å². The van der Waals surface area contributed by atoms with Crippen molar-refractivity contribution in [1.82, 2.24) is 10.3 Å². The van der Waals surface area contributed by atoms with Gasteiger partial charge in [-0.25, -0.2) is 9.78 Å². The van der Waals surface area contributed by atoms with Gasteiger partial charge in [0, 0.05) is 11.8 Å². The van der Waals surface area contributed by atoms with Gasteiger partial charge < -0.3 is 20.5 Å². The van der Waals surface area contributed by atoms with Gasteiger partial charge in [-0.2, -0.15) is 0 Å². The Bertz CT molecular complexity index is 1080. The standard InChI is InChI=1S/C23H25N3O3S/c1-13(2)29-20-10-7-14(11-18(20)24)22-25-12-21(30-22)17-6-4-5-16-15(17)8-9-19(16)26-23(27)28-3/h4-7,10-13,19H,8-9,24H2,1-3H3,(H,26,27)/t19-/m0/s1. The second-order valence-electron chi connectivity index (χ2n) is 7.55. The summed E-state index contributed by atoms with van der Waals surface area (Å²) in [6, 6.07) is 12.0. The Hall–Kier alpha value is -3.06. The Balaban J connectivity index is 1.61. The number of nitrogens with two attached hydrogens (primary N) is 1. The van der Waals surface area contributed by atoms with Gasteiger partial charge in [0.15, 0.2) is 0 Å². The van der Waals surface area contributed by atoms with Gasteiger partial charge in [-0.05, 0) is 61.6 Å². The van der Waals surface area contributed by atoms with Crippen molar-refractivity contribution in [2.45, 2.75) is 38.8 Å². The molecule has 0 bridgehead atoms. The maximum Gasteiger partial charge on any atom is 0.407 e. The quantitative estimate of drug-likeness (QED) is 0.552. The van der Waals surface area contributed by atoms with Crippen molar-refractivity contribution in [3.8, 4) is 26.8 Å². The van der Waals surface area contributed by atoms with E-state index < -0.39 is 6.09 Å². The molecule has 1 aliphatic rings. The summed E-state index contributed by atoms with van der Waals surface area (Å²) < 4.78 is 10.5. The van der Waals surface area contributed by atoms with E-state index in [2.05, 4.69) is 22.4 Å². The number of fused-ring (bicyclic) bond motifs is 1. The SMILES string of the molecule is COC(=O)N[C@H]1CCc2c(-c3cnc(-c4ccc(OC(C)C)c(N)c4)s3)cccc21. The molecule has 1 amide bonds. The van der Waals surface area contributed by atoms with Crippen molar-refractivity contribution in [2.24, 2.45) is 0 Å². The number of thiazole rings is 1. The number of nitrogens with one attached hydrogen (secondary N) is 1. The summed E-state index contributed by atoms with van der Waals surface area (Å²) in [5.74, 6) is 0.690. The smallest absolute Gasteiger partial charge is 0.407 e. The molecular formula is C23H25N3O3S. The minimum absolute atomic E-state index is 0.0203. The Morgan fingerprint density at radius 1 is 1.30 bits per heavy atom.